The molecule has 1 aromatic rings. The second-order valence-corrected chi connectivity index (χ2v) is 7.83. The van der Waals surface area contributed by atoms with Gasteiger partial charge in [-0.2, -0.15) is 0 Å². The highest BCUT2D eigenvalue weighted by molar-refractivity contribution is 8.18. The number of nitrogens with zero attached hydrogens (tertiary/aromatic N) is 1. The Morgan fingerprint density at radius 1 is 1.26 bits per heavy atom. The summed E-state index contributed by atoms with van der Waals surface area (Å²) in [7, 11) is 0. The van der Waals surface area contributed by atoms with Gasteiger partial charge in [-0.25, -0.2) is 0 Å². The fraction of sp³-hybridized carbons (Fsp3) is 0.353. The van der Waals surface area contributed by atoms with Crippen LogP contribution in [0, 0.1) is 0 Å². The monoisotopic (exact) mass is 328 g/mol. The van der Waals surface area contributed by atoms with Gasteiger partial charge in [-0.3, -0.25) is 19.7 Å². The molecule has 1 N–H and O–H groups in total. The molecule has 5 nitrogen and oxygen atoms in total. The molecule has 0 bridgehead atoms. The SMILES string of the molecule is C[C@@H]1CC(C)(C)N2C(=O)/C(=C3\SC(=O)NC3=O)c3cccc1c32. The van der Waals surface area contributed by atoms with Gasteiger partial charge in [-0.15, -0.1) is 0 Å². The van der Waals surface area contributed by atoms with Crippen LogP contribution >= 0.6 is 11.8 Å². The summed E-state index contributed by atoms with van der Waals surface area (Å²) in [5, 5.41) is 1.82. The second-order valence-electron chi connectivity index (χ2n) is 6.85. The number of anilines is 1. The Morgan fingerprint density at radius 3 is 2.65 bits per heavy atom. The molecule has 0 aromatic heterocycles. The largest absolute Gasteiger partial charge is 0.302 e. The summed E-state index contributed by atoms with van der Waals surface area (Å²) in [6.07, 6.45) is 0.857. The smallest absolute Gasteiger partial charge is 0.290 e. The lowest BCUT2D eigenvalue weighted by Crippen LogP contribution is -2.49. The van der Waals surface area contributed by atoms with Crippen molar-refractivity contribution in [3.63, 3.8) is 0 Å². The molecule has 1 atom stereocenters. The number of carbonyl (C=O) groups is 3. The minimum atomic E-state index is -0.480. The van der Waals surface area contributed by atoms with E-state index in [1.165, 1.54) is 0 Å². The van der Waals surface area contributed by atoms with E-state index in [4.69, 9.17) is 0 Å². The summed E-state index contributed by atoms with van der Waals surface area (Å²) in [6.45, 7) is 6.24. The molecule has 3 heterocycles. The molecule has 6 heteroatoms. The summed E-state index contributed by atoms with van der Waals surface area (Å²) in [6, 6.07) is 5.82. The Kier molecular flexibility index (Phi) is 2.82. The Morgan fingerprint density at radius 2 is 2.00 bits per heavy atom. The van der Waals surface area contributed by atoms with Crippen LogP contribution in [0.1, 0.15) is 44.2 Å². The first-order valence-electron chi connectivity index (χ1n) is 7.56. The van der Waals surface area contributed by atoms with Crippen molar-refractivity contribution >= 4 is 40.1 Å². The van der Waals surface area contributed by atoms with Gasteiger partial charge in [0.25, 0.3) is 17.1 Å². The maximum absolute atomic E-state index is 13.1. The van der Waals surface area contributed by atoms with Crippen LogP contribution in [0.25, 0.3) is 5.57 Å². The number of carbonyl (C=O) groups excluding carboxylic acids is 3. The van der Waals surface area contributed by atoms with Gasteiger partial charge in [-0.05, 0) is 43.5 Å². The van der Waals surface area contributed by atoms with E-state index in [-0.39, 0.29) is 16.4 Å². The molecule has 1 fully saturated rings. The topological polar surface area (TPSA) is 66.5 Å². The molecule has 1 saturated heterocycles. The molecule has 0 aliphatic carbocycles. The normalized spacial score (nSPS) is 28.2. The van der Waals surface area contributed by atoms with E-state index in [0.29, 0.717) is 11.5 Å². The molecule has 23 heavy (non-hydrogen) atoms. The van der Waals surface area contributed by atoms with Gasteiger partial charge in [0.05, 0.1) is 16.2 Å². The van der Waals surface area contributed by atoms with E-state index in [1.54, 1.807) is 4.90 Å². The van der Waals surface area contributed by atoms with Gasteiger partial charge in [0.2, 0.25) is 0 Å². The molecule has 4 rings (SSSR count). The molecular weight excluding hydrogens is 312 g/mol. The lowest BCUT2D eigenvalue weighted by atomic mass is 9.80. The summed E-state index contributed by atoms with van der Waals surface area (Å²) < 4.78 is 0. The number of amides is 3. The third-order valence-electron chi connectivity index (χ3n) is 4.76. The number of hydrogen-bond acceptors (Lipinski definition) is 4. The van der Waals surface area contributed by atoms with Gasteiger partial charge in [0, 0.05) is 11.1 Å². The summed E-state index contributed by atoms with van der Waals surface area (Å²) >= 11 is 0.811. The lowest BCUT2D eigenvalue weighted by molar-refractivity contribution is -0.116. The van der Waals surface area contributed by atoms with Gasteiger partial charge in [0.15, 0.2) is 0 Å². The fourth-order valence-electron chi connectivity index (χ4n) is 3.97. The van der Waals surface area contributed by atoms with E-state index < -0.39 is 11.1 Å². The van der Waals surface area contributed by atoms with E-state index >= 15 is 0 Å². The zero-order valence-electron chi connectivity index (χ0n) is 13.1. The zero-order valence-corrected chi connectivity index (χ0v) is 13.9. The number of para-hydroxylation sites is 1. The van der Waals surface area contributed by atoms with Crippen LogP contribution in [-0.4, -0.2) is 22.6 Å². The van der Waals surface area contributed by atoms with E-state index in [9.17, 15) is 14.4 Å². The van der Waals surface area contributed by atoms with E-state index in [1.807, 2.05) is 32.0 Å². The van der Waals surface area contributed by atoms with Crippen LogP contribution in [0.5, 0.6) is 0 Å². The highest BCUT2D eigenvalue weighted by Gasteiger charge is 2.49. The van der Waals surface area contributed by atoms with Crippen LogP contribution in [0.3, 0.4) is 0 Å². The number of imide groups is 1. The number of benzene rings is 1. The standard InChI is InChI=1S/C17H16N2O3S/c1-8-7-17(2,3)19-12-9(8)5-4-6-10(12)11(15(19)21)13-14(20)18-16(22)23-13/h4-6,8H,7H2,1-3H3,(H,18,20,22)/b13-11-/t8-/m1/s1. The van der Waals surface area contributed by atoms with Crippen molar-refractivity contribution in [2.24, 2.45) is 0 Å². The predicted molar refractivity (Wildman–Crippen MR) is 89.1 cm³/mol. The minimum absolute atomic E-state index is 0.184. The quantitative estimate of drug-likeness (QED) is 0.744. The fourth-order valence-corrected chi connectivity index (χ4v) is 4.74. The summed E-state index contributed by atoms with van der Waals surface area (Å²) in [5.41, 5.74) is 2.82. The van der Waals surface area contributed by atoms with Gasteiger partial charge in [-0.1, -0.05) is 25.1 Å². The molecule has 0 saturated carbocycles. The molecule has 3 amide bonds. The summed E-state index contributed by atoms with van der Waals surface area (Å²) in [4.78, 5) is 38.7. The van der Waals surface area contributed by atoms with Gasteiger partial charge < -0.3 is 4.90 Å². The minimum Gasteiger partial charge on any atom is -0.302 e. The van der Waals surface area contributed by atoms with Gasteiger partial charge >= 0.3 is 0 Å². The summed E-state index contributed by atoms with van der Waals surface area (Å²) in [5.74, 6) is -0.330. The first-order chi connectivity index (χ1) is 10.8. The second kappa shape index (κ2) is 4.47. The van der Waals surface area contributed by atoms with Crippen LogP contribution in [0.2, 0.25) is 0 Å². The Bertz CT molecular complexity index is 825. The third-order valence-corrected chi connectivity index (χ3v) is 5.64. The highest BCUT2D eigenvalue weighted by atomic mass is 32.2. The van der Waals surface area contributed by atoms with E-state index in [0.717, 1.165) is 35.0 Å². The predicted octanol–water partition coefficient (Wildman–Crippen LogP) is 3.01. The average molecular weight is 328 g/mol. The van der Waals surface area contributed by atoms with Crippen LogP contribution in [0.15, 0.2) is 23.1 Å². The van der Waals surface area contributed by atoms with Crippen molar-refractivity contribution in [1.29, 1.82) is 0 Å². The van der Waals surface area contributed by atoms with Crippen LogP contribution < -0.4 is 10.2 Å². The van der Waals surface area contributed by atoms with E-state index in [2.05, 4.69) is 12.2 Å². The first-order valence-corrected chi connectivity index (χ1v) is 8.38. The Labute approximate surface area is 138 Å². The molecule has 0 spiro atoms. The van der Waals surface area contributed by atoms with Crippen molar-refractivity contribution in [1.82, 2.24) is 5.32 Å². The van der Waals surface area contributed by atoms with Crippen molar-refractivity contribution in [3.05, 3.63) is 34.2 Å². The number of thioether (sulfide) groups is 1. The molecule has 1 aromatic carbocycles. The Balaban J connectivity index is 2.03. The van der Waals surface area contributed by atoms with Crippen molar-refractivity contribution < 1.29 is 14.4 Å². The average Bonchev–Trinajstić information content (AvgIpc) is 2.93. The molecular formula is C17H16N2O3S. The molecule has 3 aliphatic heterocycles. The van der Waals surface area contributed by atoms with Crippen LogP contribution in [0.4, 0.5) is 10.5 Å². The van der Waals surface area contributed by atoms with Crippen molar-refractivity contribution in [3.8, 4) is 0 Å². The number of rotatable bonds is 0. The number of nitrogens with one attached hydrogen (secondary N) is 1. The van der Waals surface area contributed by atoms with Gasteiger partial charge in [0.1, 0.15) is 0 Å². The molecule has 0 unspecified atom stereocenters. The Hall–Kier alpha value is -2.08. The van der Waals surface area contributed by atoms with Crippen molar-refractivity contribution in [2.75, 3.05) is 4.90 Å². The first kappa shape index (κ1) is 14.5. The third kappa shape index (κ3) is 1.84. The highest BCUT2D eigenvalue weighted by Crippen LogP contribution is 2.53. The maximum atomic E-state index is 13.1. The molecule has 0 radical (unpaired) electrons. The van der Waals surface area contributed by atoms with Crippen LogP contribution in [-0.2, 0) is 9.59 Å². The lowest BCUT2D eigenvalue weighted by Gasteiger charge is -2.43. The molecule has 3 aliphatic rings. The van der Waals surface area contributed by atoms with Crippen molar-refractivity contribution in [2.45, 2.75) is 38.6 Å². The zero-order chi connectivity index (χ0) is 16.5. The maximum Gasteiger partial charge on any atom is 0.290 e. The molecule has 118 valence electrons. The number of hydrogen-bond donors (Lipinski definition) is 1.